The molecule has 0 bridgehead atoms. The van der Waals surface area contributed by atoms with Crippen LogP contribution in [0, 0.1) is 33.5 Å². The largest absolute Gasteiger partial charge is 0.310 e. The van der Waals surface area contributed by atoms with Gasteiger partial charge in [0, 0.05) is 39.7 Å². The Kier molecular flexibility index (Phi) is 15.1. The molecule has 2 nitrogen and oxygen atoms in total. The number of benzene rings is 14. The first kappa shape index (κ1) is 60.1. The van der Waals surface area contributed by atoms with E-state index in [9.17, 15) is 0 Å². The lowest BCUT2D eigenvalue weighted by Gasteiger charge is -2.36. The van der Waals surface area contributed by atoms with Crippen LogP contribution in [0.4, 0.5) is 38.5 Å². The molecule has 0 amide bonds. The summed E-state index contributed by atoms with van der Waals surface area (Å²) in [5.41, 5.74) is 31.3. The summed E-state index contributed by atoms with van der Waals surface area (Å²) in [6.07, 6.45) is 3.82. The topological polar surface area (TPSA) is 6.48 Å². The zero-order valence-corrected chi connectivity index (χ0v) is 54.9. The van der Waals surface area contributed by atoms with Gasteiger partial charge in [-0.3, -0.25) is 0 Å². The summed E-state index contributed by atoms with van der Waals surface area (Å²) >= 11 is 0. The molecule has 2 aliphatic rings. The van der Waals surface area contributed by atoms with Crippen molar-refractivity contribution in [2.24, 2.45) is 0 Å². The van der Waals surface area contributed by atoms with Crippen LogP contribution in [-0.2, 0) is 10.8 Å². The van der Waals surface area contributed by atoms with Gasteiger partial charge in [0.15, 0.2) is 0 Å². The predicted octanol–water partition coefficient (Wildman–Crippen LogP) is 25.0. The molecule has 0 spiro atoms. The van der Waals surface area contributed by atoms with E-state index in [0.29, 0.717) is 11.3 Å². The number of rotatable bonds is 15. The maximum Gasteiger partial charge on any atom is 0.133 e. The highest BCUT2D eigenvalue weighted by molar-refractivity contribution is 5.93. The Morgan fingerprint density at radius 1 is 0.268 bits per heavy atom. The molecule has 0 N–H and O–H groups in total. The molecule has 0 radical (unpaired) electrons. The molecule has 14 aromatic rings. The molecule has 0 aromatic heterocycles. The second-order valence-corrected chi connectivity index (χ2v) is 26.0. The maximum absolute atomic E-state index is 17.9. The van der Waals surface area contributed by atoms with Gasteiger partial charge in [-0.2, -0.15) is 0 Å². The van der Waals surface area contributed by atoms with Crippen molar-refractivity contribution >= 4 is 46.3 Å². The van der Waals surface area contributed by atoms with E-state index in [4.69, 9.17) is 0 Å². The third-order valence-corrected chi connectivity index (χ3v) is 20.4. The summed E-state index contributed by atoms with van der Waals surface area (Å²) in [5, 5.41) is 0. The molecule has 0 saturated carbocycles. The van der Waals surface area contributed by atoms with Gasteiger partial charge >= 0.3 is 0 Å². The van der Waals surface area contributed by atoms with Crippen LogP contribution in [0.25, 0.3) is 67.8 Å². The van der Waals surface area contributed by atoms with Gasteiger partial charge < -0.3 is 9.80 Å². The molecule has 14 aromatic carbocycles. The van der Waals surface area contributed by atoms with Gasteiger partial charge in [-0.15, -0.1) is 0 Å². The van der Waals surface area contributed by atoms with E-state index in [1.807, 2.05) is 24.3 Å². The average Bonchev–Trinajstić information content (AvgIpc) is 1.56. The minimum Gasteiger partial charge on any atom is -0.310 e. The van der Waals surface area contributed by atoms with Crippen molar-refractivity contribution in [1.82, 2.24) is 0 Å². The number of hydrogen-bond donors (Lipinski definition) is 0. The SMILES string of the molecule is C=Cc1ccc(C2(c3cc(C)ccc3C)c3ccccc3-c3ccc(N(c4ccc(-c5ccccc5)cc4)c4ccc(-c5ccc(N(c6ccc(-c7ccccc7)cc6)c6ccc7c(c6)C(c6ccc(C=C)cc6)(c6cc(C)ccc6C)c6ccccc6-7)cc5F)cc4)cc32)cc1. The van der Waals surface area contributed by atoms with Gasteiger partial charge in [-0.1, -0.05) is 279 Å². The van der Waals surface area contributed by atoms with Crippen molar-refractivity contribution in [1.29, 1.82) is 0 Å². The molecule has 3 heteroatoms. The summed E-state index contributed by atoms with van der Waals surface area (Å²) in [7, 11) is 0. The standard InChI is InChI=1S/C94H71FN2/c1-7-66-31-41-73(42-32-66)93(88-57-62(3)27-29-64(88)5)86-25-17-15-23-82(86)84-55-52-78(59-90(84)93)96(75-45-35-70(36-46-75)68-19-11-9-12-20-68)76-49-39-72(40-50-76)81-54-51-80(61-92(81)95)97(77-47-37-71(38-48-77)69-21-13-10-14-22-69)79-53-56-85-83-24-16-18-26-87(83)94(91(85)60-79,74-43-33-67(8-2)34-44-74)89-58-63(4)28-30-65(89)6/h7-61H,1-2H2,3-6H3. The van der Waals surface area contributed by atoms with Crippen LogP contribution < -0.4 is 9.80 Å². The number of aryl methyl sites for hydroxylation is 4. The minimum absolute atomic E-state index is 0.327. The predicted molar refractivity (Wildman–Crippen MR) is 406 cm³/mol. The third-order valence-electron chi connectivity index (χ3n) is 20.4. The molecule has 0 aliphatic heterocycles. The number of nitrogens with zero attached hydrogens (tertiary/aromatic N) is 2. The molecule has 0 saturated heterocycles. The van der Waals surface area contributed by atoms with Crippen LogP contribution in [0.1, 0.15) is 77.9 Å². The Labute approximate surface area is 569 Å². The minimum atomic E-state index is -0.682. The van der Waals surface area contributed by atoms with Gasteiger partial charge in [0.2, 0.25) is 0 Å². The zero-order valence-electron chi connectivity index (χ0n) is 54.9. The quantitative estimate of drug-likeness (QED) is 0.101. The summed E-state index contributed by atoms with van der Waals surface area (Å²) in [4.78, 5) is 4.56. The Balaban J connectivity index is 0.828. The lowest BCUT2D eigenvalue weighted by atomic mass is 9.66. The van der Waals surface area contributed by atoms with Gasteiger partial charge in [0.1, 0.15) is 5.82 Å². The van der Waals surface area contributed by atoms with E-state index < -0.39 is 10.8 Å². The van der Waals surface area contributed by atoms with Crippen LogP contribution in [0.5, 0.6) is 0 Å². The molecule has 0 fully saturated rings. The fourth-order valence-electron chi connectivity index (χ4n) is 15.8. The Morgan fingerprint density at radius 2 is 0.598 bits per heavy atom. The van der Waals surface area contributed by atoms with Crippen molar-refractivity contribution in [3.63, 3.8) is 0 Å². The van der Waals surface area contributed by atoms with Crippen molar-refractivity contribution < 1.29 is 4.39 Å². The molecule has 2 unspecified atom stereocenters. The molecular formula is C94H71FN2. The van der Waals surface area contributed by atoms with E-state index in [1.54, 1.807) is 6.07 Å². The van der Waals surface area contributed by atoms with Crippen LogP contribution in [-0.4, -0.2) is 0 Å². The highest BCUT2D eigenvalue weighted by Gasteiger charge is 2.49. The van der Waals surface area contributed by atoms with Crippen molar-refractivity contribution in [3.05, 3.63) is 418 Å². The molecule has 16 rings (SSSR count). The summed E-state index contributed by atoms with van der Waals surface area (Å²) in [6.45, 7) is 17.1. The van der Waals surface area contributed by atoms with Crippen molar-refractivity contribution in [2.75, 3.05) is 9.80 Å². The first-order valence-corrected chi connectivity index (χ1v) is 33.4. The lowest BCUT2D eigenvalue weighted by Crippen LogP contribution is -2.30. The second kappa shape index (κ2) is 24.5. The third kappa shape index (κ3) is 10.1. The fourth-order valence-corrected chi connectivity index (χ4v) is 15.8. The first-order chi connectivity index (χ1) is 47.5. The normalized spacial score (nSPS) is 14.8. The van der Waals surface area contributed by atoms with E-state index in [1.165, 1.54) is 89.0 Å². The van der Waals surface area contributed by atoms with Gasteiger partial charge in [0.05, 0.1) is 10.8 Å². The number of anilines is 6. The molecule has 2 atom stereocenters. The monoisotopic (exact) mass is 1250 g/mol. The Bertz CT molecular complexity index is 5340. The van der Waals surface area contributed by atoms with E-state index in [-0.39, 0.29) is 5.82 Å². The number of hydrogen-bond acceptors (Lipinski definition) is 2. The summed E-state index contributed by atoms with van der Waals surface area (Å²) in [6, 6.07) is 116. The molecule has 464 valence electrons. The average molecular weight is 1250 g/mol. The maximum atomic E-state index is 17.9. The second-order valence-electron chi connectivity index (χ2n) is 26.0. The van der Waals surface area contributed by atoms with Crippen LogP contribution in [0.3, 0.4) is 0 Å². The summed E-state index contributed by atoms with van der Waals surface area (Å²) < 4.78 is 17.9. The summed E-state index contributed by atoms with van der Waals surface area (Å²) in [5.74, 6) is -0.327. The van der Waals surface area contributed by atoms with Crippen molar-refractivity contribution in [3.8, 4) is 55.6 Å². The number of halogens is 1. The van der Waals surface area contributed by atoms with E-state index in [0.717, 1.165) is 67.4 Å². The Morgan fingerprint density at radius 3 is 1.00 bits per heavy atom. The van der Waals surface area contributed by atoms with Crippen LogP contribution >= 0.6 is 0 Å². The van der Waals surface area contributed by atoms with E-state index >= 15 is 4.39 Å². The first-order valence-electron chi connectivity index (χ1n) is 33.4. The molecule has 2 aliphatic carbocycles. The van der Waals surface area contributed by atoms with Gasteiger partial charge in [-0.05, 0) is 223 Å². The Hall–Kier alpha value is -11.9. The number of fused-ring (bicyclic) bond motifs is 6. The van der Waals surface area contributed by atoms with Crippen LogP contribution in [0.15, 0.2) is 335 Å². The zero-order chi connectivity index (χ0) is 65.9. The highest BCUT2D eigenvalue weighted by Crippen LogP contribution is 2.60. The molecule has 0 heterocycles. The van der Waals surface area contributed by atoms with Crippen LogP contribution in [0.2, 0.25) is 0 Å². The van der Waals surface area contributed by atoms with Crippen molar-refractivity contribution in [2.45, 2.75) is 38.5 Å². The highest BCUT2D eigenvalue weighted by atomic mass is 19.1. The smallest absolute Gasteiger partial charge is 0.133 e. The lowest BCUT2D eigenvalue weighted by molar-refractivity contribution is 0.631. The molecular weight excluding hydrogens is 1180 g/mol. The van der Waals surface area contributed by atoms with E-state index in [2.05, 4.69) is 354 Å². The van der Waals surface area contributed by atoms with Gasteiger partial charge in [-0.25, -0.2) is 4.39 Å². The molecule has 97 heavy (non-hydrogen) atoms. The van der Waals surface area contributed by atoms with Gasteiger partial charge in [0.25, 0.3) is 0 Å². The fraction of sp³-hybridized carbons (Fsp3) is 0.0638.